The van der Waals surface area contributed by atoms with Crippen LogP contribution in [0.3, 0.4) is 0 Å². The molecule has 0 aromatic heterocycles. The fraction of sp³-hybridized carbons (Fsp3) is 0.562. The van der Waals surface area contributed by atoms with Gasteiger partial charge in [-0.15, -0.1) is 0 Å². The van der Waals surface area contributed by atoms with E-state index in [4.69, 9.17) is 4.74 Å². The van der Waals surface area contributed by atoms with Gasteiger partial charge in [0, 0.05) is 26.4 Å². The van der Waals surface area contributed by atoms with Crippen molar-refractivity contribution in [2.24, 2.45) is 10.9 Å². The van der Waals surface area contributed by atoms with Crippen molar-refractivity contribution < 1.29 is 13.2 Å². The molecule has 1 rings (SSSR count). The topological polar surface area (TPSA) is 79.8 Å². The number of nitrogens with one attached hydrogen (secondary N) is 2. The van der Waals surface area contributed by atoms with Crippen LogP contribution in [-0.4, -0.2) is 53.1 Å². The van der Waals surface area contributed by atoms with E-state index < -0.39 is 9.84 Å². The molecule has 2 N–H and O–H groups in total. The van der Waals surface area contributed by atoms with E-state index in [-0.39, 0.29) is 5.75 Å². The number of sulfone groups is 1. The van der Waals surface area contributed by atoms with Crippen molar-refractivity contribution in [1.82, 2.24) is 10.6 Å². The zero-order chi connectivity index (χ0) is 17.1. The molecule has 0 amide bonds. The number of benzene rings is 1. The maximum atomic E-state index is 11.1. The molecule has 0 aliphatic rings. The van der Waals surface area contributed by atoms with E-state index in [9.17, 15) is 8.42 Å². The van der Waals surface area contributed by atoms with E-state index in [1.165, 1.54) is 6.26 Å². The number of hydrogen-bond donors (Lipinski definition) is 2. The van der Waals surface area contributed by atoms with Gasteiger partial charge in [0.05, 0.1) is 19.0 Å². The third kappa shape index (κ3) is 9.91. The Kier molecular flexibility index (Phi) is 8.65. The Morgan fingerprint density at radius 2 is 1.96 bits per heavy atom. The molecule has 23 heavy (non-hydrogen) atoms. The molecule has 1 aromatic carbocycles. The summed E-state index contributed by atoms with van der Waals surface area (Å²) in [7, 11) is -1.30. The Morgan fingerprint density at radius 1 is 1.26 bits per heavy atom. The first-order valence-electron chi connectivity index (χ1n) is 7.64. The molecule has 0 saturated heterocycles. The molecular weight excluding hydrogens is 314 g/mol. The van der Waals surface area contributed by atoms with Crippen LogP contribution in [-0.2, 0) is 21.2 Å². The van der Waals surface area contributed by atoms with Gasteiger partial charge in [-0.3, -0.25) is 4.99 Å². The second-order valence-corrected chi connectivity index (χ2v) is 7.88. The number of guanidine groups is 1. The largest absolute Gasteiger partial charge is 0.376 e. The average Bonchev–Trinajstić information content (AvgIpc) is 2.50. The van der Waals surface area contributed by atoms with Crippen LogP contribution < -0.4 is 10.6 Å². The van der Waals surface area contributed by atoms with Gasteiger partial charge < -0.3 is 15.4 Å². The average molecular weight is 341 g/mol. The van der Waals surface area contributed by atoms with Crippen LogP contribution >= 0.6 is 0 Å². The molecule has 0 spiro atoms. The summed E-state index contributed by atoms with van der Waals surface area (Å²) in [5.41, 5.74) is 1.16. The van der Waals surface area contributed by atoms with Crippen LogP contribution in [0.15, 0.2) is 35.3 Å². The summed E-state index contributed by atoms with van der Waals surface area (Å²) < 4.78 is 27.9. The molecule has 0 fully saturated rings. The molecule has 0 saturated carbocycles. The van der Waals surface area contributed by atoms with Crippen LogP contribution in [0.1, 0.15) is 12.5 Å². The number of hydrogen-bond acceptors (Lipinski definition) is 4. The number of aliphatic imine (C=N–C) groups is 1. The van der Waals surface area contributed by atoms with Crippen molar-refractivity contribution in [3.05, 3.63) is 35.9 Å². The van der Waals surface area contributed by atoms with E-state index in [1.807, 2.05) is 30.3 Å². The molecule has 1 unspecified atom stereocenters. The Hall–Kier alpha value is -1.60. The lowest BCUT2D eigenvalue weighted by Crippen LogP contribution is -2.41. The Bertz CT molecular complexity index is 573. The molecule has 0 radical (unpaired) electrons. The van der Waals surface area contributed by atoms with Crippen LogP contribution in [0.2, 0.25) is 0 Å². The van der Waals surface area contributed by atoms with Gasteiger partial charge in [0.25, 0.3) is 0 Å². The van der Waals surface area contributed by atoms with E-state index in [0.717, 1.165) is 5.56 Å². The fourth-order valence-electron chi connectivity index (χ4n) is 1.86. The lowest BCUT2D eigenvalue weighted by atomic mass is 10.2. The quantitative estimate of drug-likeness (QED) is 0.518. The predicted octanol–water partition coefficient (Wildman–Crippen LogP) is 1.05. The highest BCUT2D eigenvalue weighted by molar-refractivity contribution is 7.90. The molecule has 0 heterocycles. The van der Waals surface area contributed by atoms with Crippen LogP contribution in [0.5, 0.6) is 0 Å². The first-order chi connectivity index (χ1) is 10.9. The number of nitrogens with zero attached hydrogens (tertiary/aromatic N) is 1. The van der Waals surface area contributed by atoms with Gasteiger partial charge in [-0.05, 0) is 11.5 Å². The minimum absolute atomic E-state index is 0.0867. The SMILES string of the molecule is CN=C(NCCS(C)(=O)=O)NCC(C)COCc1ccccc1. The fourth-order valence-corrected chi connectivity index (χ4v) is 2.33. The minimum Gasteiger partial charge on any atom is -0.376 e. The van der Waals surface area contributed by atoms with Gasteiger partial charge in [-0.25, -0.2) is 8.42 Å². The van der Waals surface area contributed by atoms with Crippen LogP contribution in [0.25, 0.3) is 0 Å². The second kappa shape index (κ2) is 10.2. The zero-order valence-corrected chi connectivity index (χ0v) is 14.9. The summed E-state index contributed by atoms with van der Waals surface area (Å²) in [4.78, 5) is 4.07. The maximum Gasteiger partial charge on any atom is 0.191 e. The van der Waals surface area contributed by atoms with Crippen molar-refractivity contribution >= 4 is 15.8 Å². The third-order valence-corrected chi connectivity index (χ3v) is 4.07. The summed E-state index contributed by atoms with van der Waals surface area (Å²) in [5.74, 6) is 0.999. The molecule has 0 aliphatic carbocycles. The molecule has 6 nitrogen and oxygen atoms in total. The minimum atomic E-state index is -2.96. The molecule has 130 valence electrons. The Labute approximate surface area is 139 Å². The smallest absolute Gasteiger partial charge is 0.191 e. The maximum absolute atomic E-state index is 11.1. The van der Waals surface area contributed by atoms with Crippen molar-refractivity contribution in [3.8, 4) is 0 Å². The van der Waals surface area contributed by atoms with E-state index in [2.05, 4.69) is 22.5 Å². The van der Waals surface area contributed by atoms with Gasteiger partial charge in [-0.1, -0.05) is 37.3 Å². The summed E-state index contributed by atoms with van der Waals surface area (Å²) in [6, 6.07) is 10.1. The van der Waals surface area contributed by atoms with Gasteiger partial charge in [0.15, 0.2) is 5.96 Å². The standard InChI is InChI=1S/C16H27N3O3S/c1-14(12-22-13-15-7-5-4-6-8-15)11-19-16(17-2)18-9-10-23(3,20)21/h4-8,14H,9-13H2,1-3H3,(H2,17,18,19). The summed E-state index contributed by atoms with van der Waals surface area (Å²) in [5, 5.41) is 6.15. The number of rotatable bonds is 9. The van der Waals surface area contributed by atoms with Gasteiger partial charge in [-0.2, -0.15) is 0 Å². The highest BCUT2D eigenvalue weighted by Crippen LogP contribution is 2.02. The Balaban J connectivity index is 2.19. The summed E-state index contributed by atoms with van der Waals surface area (Å²) in [6.45, 7) is 4.38. The van der Waals surface area contributed by atoms with E-state index >= 15 is 0 Å². The van der Waals surface area contributed by atoms with Crippen LogP contribution in [0.4, 0.5) is 0 Å². The lowest BCUT2D eigenvalue weighted by Gasteiger charge is -2.16. The number of ether oxygens (including phenoxy) is 1. The van der Waals surface area contributed by atoms with E-state index in [1.54, 1.807) is 7.05 Å². The molecule has 1 aromatic rings. The van der Waals surface area contributed by atoms with Gasteiger partial charge in [0.2, 0.25) is 0 Å². The molecule has 0 aliphatic heterocycles. The lowest BCUT2D eigenvalue weighted by molar-refractivity contribution is 0.0931. The third-order valence-electron chi connectivity index (χ3n) is 3.12. The predicted molar refractivity (Wildman–Crippen MR) is 94.3 cm³/mol. The van der Waals surface area contributed by atoms with Crippen molar-refractivity contribution in [2.75, 3.05) is 38.8 Å². The van der Waals surface area contributed by atoms with Crippen LogP contribution in [0, 0.1) is 5.92 Å². The first kappa shape index (κ1) is 19.4. The monoisotopic (exact) mass is 341 g/mol. The van der Waals surface area contributed by atoms with E-state index in [0.29, 0.717) is 38.2 Å². The molecule has 0 bridgehead atoms. The molecular formula is C16H27N3O3S. The second-order valence-electron chi connectivity index (χ2n) is 5.62. The Morgan fingerprint density at radius 3 is 2.57 bits per heavy atom. The summed E-state index contributed by atoms with van der Waals surface area (Å²) in [6.07, 6.45) is 1.22. The van der Waals surface area contributed by atoms with Gasteiger partial charge >= 0.3 is 0 Å². The van der Waals surface area contributed by atoms with Crippen molar-refractivity contribution in [2.45, 2.75) is 13.5 Å². The van der Waals surface area contributed by atoms with Crippen molar-refractivity contribution in [1.29, 1.82) is 0 Å². The van der Waals surface area contributed by atoms with Crippen molar-refractivity contribution in [3.63, 3.8) is 0 Å². The van der Waals surface area contributed by atoms with Gasteiger partial charge in [0.1, 0.15) is 9.84 Å². The molecule has 7 heteroatoms. The molecule has 1 atom stereocenters. The zero-order valence-electron chi connectivity index (χ0n) is 14.1. The highest BCUT2D eigenvalue weighted by atomic mass is 32.2. The first-order valence-corrected chi connectivity index (χ1v) is 9.70. The normalized spacial score (nSPS) is 13.6. The summed E-state index contributed by atoms with van der Waals surface area (Å²) >= 11 is 0. The highest BCUT2D eigenvalue weighted by Gasteiger charge is 2.06.